The molecule has 2 N–H and O–H groups in total. The summed E-state index contributed by atoms with van der Waals surface area (Å²) in [5.41, 5.74) is 2.38. The van der Waals surface area contributed by atoms with Crippen molar-refractivity contribution in [1.29, 1.82) is 0 Å². The third-order valence-electron chi connectivity index (χ3n) is 7.66. The molecular weight excluding hydrogens is 438 g/mol. The summed E-state index contributed by atoms with van der Waals surface area (Å²) in [4.78, 5) is 52.5. The lowest BCUT2D eigenvalue weighted by Gasteiger charge is -2.39. The zero-order valence-electron chi connectivity index (χ0n) is 19.4. The number of likely N-dealkylation sites (tertiary alicyclic amines) is 1. The van der Waals surface area contributed by atoms with Crippen molar-refractivity contribution in [3.8, 4) is 0 Å². The number of nitrogens with zero attached hydrogens (tertiary/aromatic N) is 4. The number of imidazole rings is 1. The van der Waals surface area contributed by atoms with E-state index in [1.54, 1.807) is 16.5 Å². The van der Waals surface area contributed by atoms with Crippen molar-refractivity contribution in [2.24, 2.45) is 7.05 Å². The number of aryl methyl sites for hydroxylation is 2. The van der Waals surface area contributed by atoms with Crippen molar-refractivity contribution in [3.63, 3.8) is 0 Å². The third kappa shape index (κ3) is 3.89. The lowest BCUT2D eigenvalue weighted by atomic mass is 10.0. The average molecular weight is 470 g/mol. The number of aromatic nitrogens is 2. The molecule has 10 heteroatoms. The van der Waals surface area contributed by atoms with Gasteiger partial charge in [-0.3, -0.25) is 33.8 Å². The van der Waals surface area contributed by atoms with Gasteiger partial charge in [0.2, 0.25) is 11.8 Å². The Morgan fingerprint density at radius 1 is 1.09 bits per heavy atom. The van der Waals surface area contributed by atoms with E-state index in [-0.39, 0.29) is 30.1 Å². The van der Waals surface area contributed by atoms with E-state index in [1.165, 1.54) is 4.57 Å². The molecule has 0 spiro atoms. The van der Waals surface area contributed by atoms with E-state index in [1.807, 2.05) is 18.2 Å². The summed E-state index contributed by atoms with van der Waals surface area (Å²) in [6.07, 6.45) is 4.41. The quantitative estimate of drug-likeness (QED) is 0.489. The van der Waals surface area contributed by atoms with Gasteiger partial charge in [0.1, 0.15) is 6.04 Å². The van der Waals surface area contributed by atoms with Gasteiger partial charge in [0, 0.05) is 38.6 Å². The first kappa shape index (κ1) is 22.6. The van der Waals surface area contributed by atoms with Crippen molar-refractivity contribution in [3.05, 3.63) is 34.2 Å². The maximum Gasteiger partial charge on any atom is 0.407 e. The van der Waals surface area contributed by atoms with Crippen molar-refractivity contribution < 1.29 is 19.5 Å². The predicted octanol–water partition coefficient (Wildman–Crippen LogP) is 1.47. The summed E-state index contributed by atoms with van der Waals surface area (Å²) < 4.78 is 3.13. The van der Waals surface area contributed by atoms with Gasteiger partial charge in [0.05, 0.1) is 11.0 Å². The smallest absolute Gasteiger partial charge is 0.407 e. The molecule has 10 nitrogen and oxygen atoms in total. The molecule has 3 aliphatic heterocycles. The lowest BCUT2D eigenvalue weighted by Crippen LogP contribution is -2.55. The predicted molar refractivity (Wildman–Crippen MR) is 125 cm³/mol. The summed E-state index contributed by atoms with van der Waals surface area (Å²) >= 11 is 0. The second-order valence-electron chi connectivity index (χ2n) is 9.75. The first-order chi connectivity index (χ1) is 16.3. The van der Waals surface area contributed by atoms with Gasteiger partial charge in [0.25, 0.3) is 0 Å². The van der Waals surface area contributed by atoms with Gasteiger partial charge in [-0.2, -0.15) is 0 Å². The minimum Gasteiger partial charge on any atom is -0.465 e. The van der Waals surface area contributed by atoms with Crippen LogP contribution >= 0.6 is 0 Å². The number of carboxylic acid groups (broad SMARTS) is 1. The zero-order valence-corrected chi connectivity index (χ0v) is 19.4. The number of amides is 3. The number of imide groups is 1. The van der Waals surface area contributed by atoms with Crippen molar-refractivity contribution in [2.45, 2.75) is 63.1 Å². The molecule has 1 unspecified atom stereocenters. The zero-order chi connectivity index (χ0) is 24.0. The van der Waals surface area contributed by atoms with E-state index in [4.69, 9.17) is 0 Å². The third-order valence-corrected chi connectivity index (χ3v) is 7.66. The highest BCUT2D eigenvalue weighted by Gasteiger charge is 2.42. The maximum atomic E-state index is 13.1. The molecule has 34 heavy (non-hydrogen) atoms. The molecule has 0 saturated carbocycles. The van der Waals surface area contributed by atoms with Crippen LogP contribution in [-0.2, 0) is 23.1 Å². The number of nitrogens with one attached hydrogen (secondary N) is 1. The van der Waals surface area contributed by atoms with Crippen LogP contribution in [0.4, 0.5) is 4.79 Å². The Balaban J connectivity index is 1.26. The van der Waals surface area contributed by atoms with Crippen LogP contribution in [0, 0.1) is 0 Å². The molecule has 0 radical (unpaired) electrons. The molecule has 3 fully saturated rings. The molecule has 4 heterocycles. The number of piperidine rings is 1. The number of hydrogen-bond acceptors (Lipinski definition) is 5. The van der Waals surface area contributed by atoms with Gasteiger partial charge in [-0.15, -0.1) is 0 Å². The number of carbonyl (C=O) groups excluding carboxylic acids is 2. The van der Waals surface area contributed by atoms with Crippen molar-refractivity contribution >= 4 is 28.9 Å². The van der Waals surface area contributed by atoms with Crippen LogP contribution in [0.2, 0.25) is 0 Å². The molecule has 2 aromatic rings. The Hall–Kier alpha value is -3.14. The molecular formula is C24H31N5O5. The first-order valence-electron chi connectivity index (χ1n) is 12.1. The Kier molecular flexibility index (Phi) is 5.93. The fourth-order valence-corrected chi connectivity index (χ4v) is 6.09. The highest BCUT2D eigenvalue weighted by Crippen LogP contribution is 2.30. The fourth-order valence-electron chi connectivity index (χ4n) is 6.09. The monoisotopic (exact) mass is 469 g/mol. The second-order valence-corrected chi connectivity index (χ2v) is 9.75. The Morgan fingerprint density at radius 2 is 1.82 bits per heavy atom. The van der Waals surface area contributed by atoms with E-state index in [9.17, 15) is 24.3 Å². The van der Waals surface area contributed by atoms with Crippen LogP contribution < -0.4 is 11.0 Å². The van der Waals surface area contributed by atoms with Crippen LogP contribution in [-0.4, -0.2) is 73.7 Å². The molecule has 182 valence electrons. The van der Waals surface area contributed by atoms with Crippen LogP contribution in [0.5, 0.6) is 0 Å². The maximum absolute atomic E-state index is 13.1. The first-order valence-corrected chi connectivity index (χ1v) is 12.1. The number of piperazine rings is 1. The summed E-state index contributed by atoms with van der Waals surface area (Å²) in [6.45, 7) is 2.55. The lowest BCUT2D eigenvalue weighted by molar-refractivity contribution is -0.135. The van der Waals surface area contributed by atoms with E-state index in [0.717, 1.165) is 68.3 Å². The van der Waals surface area contributed by atoms with E-state index < -0.39 is 18.0 Å². The molecule has 1 aromatic heterocycles. The highest BCUT2D eigenvalue weighted by atomic mass is 16.4. The highest BCUT2D eigenvalue weighted by molar-refractivity contribution is 6.00. The van der Waals surface area contributed by atoms with Gasteiger partial charge in [-0.05, 0) is 56.7 Å². The number of carbonyl (C=O) groups is 3. The van der Waals surface area contributed by atoms with Crippen molar-refractivity contribution in [1.82, 2.24) is 24.3 Å². The van der Waals surface area contributed by atoms with Gasteiger partial charge in [0.15, 0.2) is 0 Å². The number of benzene rings is 1. The van der Waals surface area contributed by atoms with Gasteiger partial charge < -0.3 is 5.11 Å². The van der Waals surface area contributed by atoms with E-state index in [2.05, 4.69) is 10.2 Å². The van der Waals surface area contributed by atoms with Crippen LogP contribution in [0.1, 0.15) is 50.1 Å². The summed E-state index contributed by atoms with van der Waals surface area (Å²) in [5, 5.41) is 11.8. The van der Waals surface area contributed by atoms with Crippen LogP contribution in [0.25, 0.3) is 11.0 Å². The van der Waals surface area contributed by atoms with E-state index in [0.29, 0.717) is 6.42 Å². The molecule has 5 rings (SSSR count). The second kappa shape index (κ2) is 8.90. The minimum atomic E-state index is -0.796. The molecule has 3 amide bonds. The number of rotatable bonds is 6. The van der Waals surface area contributed by atoms with Crippen molar-refractivity contribution in [2.75, 3.05) is 19.6 Å². The summed E-state index contributed by atoms with van der Waals surface area (Å²) in [6, 6.07) is 5.37. The average Bonchev–Trinajstić information content (AvgIpc) is 3.22. The largest absolute Gasteiger partial charge is 0.465 e. The molecule has 3 saturated heterocycles. The Labute approximate surface area is 197 Å². The Morgan fingerprint density at radius 3 is 2.50 bits per heavy atom. The van der Waals surface area contributed by atoms with Crippen LogP contribution in [0.15, 0.2) is 23.0 Å². The van der Waals surface area contributed by atoms with E-state index >= 15 is 0 Å². The van der Waals surface area contributed by atoms with Gasteiger partial charge >= 0.3 is 11.8 Å². The molecule has 2 bridgehead atoms. The Bertz CT molecular complexity index is 1190. The van der Waals surface area contributed by atoms with Gasteiger partial charge in [-0.1, -0.05) is 12.1 Å². The summed E-state index contributed by atoms with van der Waals surface area (Å²) in [7, 11) is 1.73. The topological polar surface area (TPSA) is 117 Å². The summed E-state index contributed by atoms with van der Waals surface area (Å²) in [5.74, 6) is -0.721. The molecule has 0 aliphatic carbocycles. The number of hydrogen-bond donors (Lipinski definition) is 2. The fraction of sp³-hybridized carbons (Fsp3) is 0.583. The van der Waals surface area contributed by atoms with Crippen LogP contribution in [0.3, 0.4) is 0 Å². The molecule has 3 aliphatic rings. The van der Waals surface area contributed by atoms with Gasteiger partial charge in [-0.25, -0.2) is 9.59 Å². The molecule has 1 aromatic carbocycles. The number of fused-ring (bicyclic) bond motifs is 3. The normalized spacial score (nSPS) is 25.2. The number of unbranched alkanes of at least 4 members (excludes halogenated alkanes) is 1. The number of para-hydroxylation sites is 1. The molecule has 3 atom stereocenters. The SMILES string of the molecule is Cn1c(=O)n(C2CCC(=O)NC2=O)c2cccc(CCCCN3C[C@H]4CC[C@@H](C3)N4C(=O)O)c21. The standard InChI is InChI=1S/C24H31N5O5/c1-26-21-15(5-2-3-12-27-13-16-8-9-17(14-27)28(16)24(33)34)6-4-7-18(21)29(23(26)32)19-10-11-20(30)25-22(19)31/h4,6-7,16-17,19H,2-3,5,8-14H2,1H3,(H,33,34)(H,25,30,31)/t16-,17+,19?. The minimum absolute atomic E-state index is 0.117.